The Morgan fingerprint density at radius 2 is 1.78 bits per heavy atom. The summed E-state index contributed by atoms with van der Waals surface area (Å²) in [6.07, 6.45) is 0.989. The number of esters is 1. The third-order valence-electron chi connectivity index (χ3n) is 4.26. The second-order valence-electron chi connectivity index (χ2n) is 6.34. The van der Waals surface area contributed by atoms with Crippen molar-refractivity contribution >= 4 is 23.4 Å². The number of phenolic OH excluding ortho intramolecular Hbond substituents is 1. The third kappa shape index (κ3) is 6.02. The highest BCUT2D eigenvalue weighted by Crippen LogP contribution is 2.31. The molecule has 0 aliphatic heterocycles. The summed E-state index contributed by atoms with van der Waals surface area (Å²) in [5.74, 6) is -0.349. The average molecular weight is 370 g/mol. The predicted octanol–water partition coefficient (Wildman–Crippen LogP) is 4.79. The summed E-state index contributed by atoms with van der Waals surface area (Å²) in [6, 6.07) is 11.9. The highest BCUT2D eigenvalue weighted by Gasteiger charge is 2.17. The molecule has 144 valence electrons. The van der Waals surface area contributed by atoms with Gasteiger partial charge in [0, 0.05) is 5.69 Å². The first-order chi connectivity index (χ1) is 12.9. The van der Waals surface area contributed by atoms with Crippen molar-refractivity contribution in [2.24, 2.45) is 0 Å². The molecule has 3 N–H and O–H groups in total. The third-order valence-corrected chi connectivity index (χ3v) is 4.26. The van der Waals surface area contributed by atoms with Crippen LogP contribution in [0.25, 0.3) is 0 Å². The molecule has 0 aromatic heterocycles. The molecule has 1 unspecified atom stereocenters. The van der Waals surface area contributed by atoms with E-state index in [1.165, 1.54) is 6.07 Å². The molecule has 0 saturated heterocycles. The number of rotatable bonds is 7. The van der Waals surface area contributed by atoms with E-state index in [1.54, 1.807) is 31.2 Å². The fraction of sp³-hybridized carbons (Fsp3) is 0.333. The second-order valence-corrected chi connectivity index (χ2v) is 6.34. The number of urea groups is 1. The molecule has 0 spiro atoms. The van der Waals surface area contributed by atoms with Crippen molar-refractivity contribution in [3.8, 4) is 5.75 Å². The minimum absolute atomic E-state index is 0.0382. The Bertz CT molecular complexity index is 787. The van der Waals surface area contributed by atoms with Crippen molar-refractivity contribution in [2.45, 2.75) is 39.5 Å². The maximum atomic E-state index is 12.2. The number of amides is 2. The van der Waals surface area contributed by atoms with Crippen LogP contribution in [0, 0.1) is 6.92 Å². The largest absolute Gasteiger partial charge is 0.506 e. The highest BCUT2D eigenvalue weighted by atomic mass is 16.5. The smallest absolute Gasteiger partial charge is 0.323 e. The van der Waals surface area contributed by atoms with E-state index in [9.17, 15) is 14.7 Å². The number of aromatic hydroxyl groups is 1. The summed E-state index contributed by atoms with van der Waals surface area (Å²) in [5.41, 5.74) is 2.90. The Morgan fingerprint density at radius 1 is 1.07 bits per heavy atom. The molecule has 27 heavy (non-hydrogen) atoms. The van der Waals surface area contributed by atoms with Gasteiger partial charge < -0.3 is 20.5 Å². The van der Waals surface area contributed by atoms with Crippen LogP contribution >= 0.6 is 0 Å². The zero-order chi connectivity index (χ0) is 19.8. The Balaban J connectivity index is 2.10. The van der Waals surface area contributed by atoms with Crippen molar-refractivity contribution in [1.29, 1.82) is 0 Å². The SMILES string of the molecule is CCOC(=O)CC(CC)c1ccc(O)c(NC(=O)Nc2ccc(C)cc2)c1. The lowest BCUT2D eigenvalue weighted by Gasteiger charge is -2.17. The molecule has 0 bridgehead atoms. The van der Waals surface area contributed by atoms with Crippen LogP contribution in [-0.2, 0) is 9.53 Å². The van der Waals surface area contributed by atoms with E-state index in [0.717, 1.165) is 17.5 Å². The van der Waals surface area contributed by atoms with Gasteiger partial charge in [0.05, 0.1) is 18.7 Å². The van der Waals surface area contributed by atoms with Crippen LogP contribution in [0.1, 0.15) is 43.7 Å². The zero-order valence-electron chi connectivity index (χ0n) is 15.9. The first kappa shape index (κ1) is 20.3. The minimum Gasteiger partial charge on any atom is -0.506 e. The van der Waals surface area contributed by atoms with Crippen molar-refractivity contribution in [3.63, 3.8) is 0 Å². The number of carbonyl (C=O) groups is 2. The van der Waals surface area contributed by atoms with Gasteiger partial charge in [-0.05, 0) is 56.0 Å². The Kier molecular flexibility index (Phi) is 7.23. The van der Waals surface area contributed by atoms with E-state index in [4.69, 9.17) is 4.74 Å². The van der Waals surface area contributed by atoms with E-state index < -0.39 is 6.03 Å². The summed E-state index contributed by atoms with van der Waals surface area (Å²) >= 11 is 0. The molecule has 0 fully saturated rings. The molecular formula is C21H26N2O4. The summed E-state index contributed by atoms with van der Waals surface area (Å²) < 4.78 is 5.02. The first-order valence-corrected chi connectivity index (χ1v) is 9.06. The topological polar surface area (TPSA) is 87.7 Å². The van der Waals surface area contributed by atoms with Gasteiger partial charge in [0.25, 0.3) is 0 Å². The van der Waals surface area contributed by atoms with Crippen LogP contribution in [0.5, 0.6) is 5.75 Å². The number of benzene rings is 2. The summed E-state index contributed by atoms with van der Waals surface area (Å²) in [6.45, 7) is 6.06. The maximum Gasteiger partial charge on any atom is 0.323 e. The highest BCUT2D eigenvalue weighted by molar-refractivity contribution is 6.00. The number of carbonyl (C=O) groups excluding carboxylic acids is 2. The number of ether oxygens (including phenoxy) is 1. The molecule has 1 atom stereocenters. The van der Waals surface area contributed by atoms with E-state index in [-0.39, 0.29) is 24.1 Å². The molecule has 2 rings (SSSR count). The predicted molar refractivity (Wildman–Crippen MR) is 106 cm³/mol. The molecule has 0 radical (unpaired) electrons. The molecule has 0 aliphatic rings. The number of phenols is 1. The van der Waals surface area contributed by atoms with Crippen molar-refractivity contribution in [1.82, 2.24) is 0 Å². The van der Waals surface area contributed by atoms with Crippen molar-refractivity contribution in [2.75, 3.05) is 17.2 Å². The lowest BCUT2D eigenvalue weighted by molar-refractivity contribution is -0.143. The van der Waals surface area contributed by atoms with E-state index in [0.29, 0.717) is 18.0 Å². The van der Waals surface area contributed by atoms with E-state index in [1.807, 2.05) is 26.0 Å². The van der Waals surface area contributed by atoms with E-state index >= 15 is 0 Å². The molecule has 0 aliphatic carbocycles. The van der Waals surface area contributed by atoms with Crippen LogP contribution in [0.15, 0.2) is 42.5 Å². The number of anilines is 2. The quantitative estimate of drug-likeness (QED) is 0.483. The van der Waals surface area contributed by atoms with Crippen LogP contribution < -0.4 is 10.6 Å². The van der Waals surface area contributed by atoms with Gasteiger partial charge in [0.1, 0.15) is 5.75 Å². The van der Waals surface area contributed by atoms with Gasteiger partial charge >= 0.3 is 12.0 Å². The number of hydrogen-bond acceptors (Lipinski definition) is 4. The van der Waals surface area contributed by atoms with Gasteiger partial charge in [-0.1, -0.05) is 30.7 Å². The van der Waals surface area contributed by atoms with Gasteiger partial charge in [-0.25, -0.2) is 4.79 Å². The monoisotopic (exact) mass is 370 g/mol. The molecule has 6 heteroatoms. The number of aryl methyl sites for hydroxylation is 1. The van der Waals surface area contributed by atoms with Gasteiger partial charge in [-0.15, -0.1) is 0 Å². The summed E-state index contributed by atoms with van der Waals surface area (Å²) in [4.78, 5) is 24.0. The zero-order valence-corrected chi connectivity index (χ0v) is 15.9. The molecule has 2 amide bonds. The van der Waals surface area contributed by atoms with Gasteiger partial charge in [-0.2, -0.15) is 0 Å². The normalized spacial score (nSPS) is 11.5. The summed E-state index contributed by atoms with van der Waals surface area (Å²) in [7, 11) is 0. The Hall–Kier alpha value is -3.02. The van der Waals surface area contributed by atoms with Gasteiger partial charge in [0.15, 0.2) is 0 Å². The lowest BCUT2D eigenvalue weighted by atomic mass is 9.92. The summed E-state index contributed by atoms with van der Waals surface area (Å²) in [5, 5.41) is 15.4. The van der Waals surface area contributed by atoms with Crippen LogP contribution in [0.4, 0.5) is 16.2 Å². The van der Waals surface area contributed by atoms with Gasteiger partial charge in [-0.3, -0.25) is 4.79 Å². The van der Waals surface area contributed by atoms with Crippen LogP contribution in [0.3, 0.4) is 0 Å². The van der Waals surface area contributed by atoms with Crippen LogP contribution in [-0.4, -0.2) is 23.7 Å². The van der Waals surface area contributed by atoms with Crippen molar-refractivity contribution in [3.05, 3.63) is 53.6 Å². The average Bonchev–Trinajstić information content (AvgIpc) is 2.64. The molecule has 0 saturated carbocycles. The number of hydrogen-bond donors (Lipinski definition) is 3. The molecule has 2 aromatic carbocycles. The minimum atomic E-state index is -0.454. The standard InChI is InChI=1S/C21H26N2O4/c1-4-15(13-20(25)27-5-2)16-8-11-19(24)18(12-16)23-21(26)22-17-9-6-14(3)7-10-17/h6-12,15,24H,4-5,13H2,1-3H3,(H2,22,23,26). The van der Waals surface area contributed by atoms with Gasteiger partial charge in [0.2, 0.25) is 0 Å². The Morgan fingerprint density at radius 3 is 2.41 bits per heavy atom. The van der Waals surface area contributed by atoms with Crippen LogP contribution in [0.2, 0.25) is 0 Å². The van der Waals surface area contributed by atoms with E-state index in [2.05, 4.69) is 10.6 Å². The molecule has 6 nitrogen and oxygen atoms in total. The second kappa shape index (κ2) is 9.62. The molecule has 2 aromatic rings. The Labute approximate surface area is 159 Å². The number of nitrogens with one attached hydrogen (secondary N) is 2. The molecular weight excluding hydrogens is 344 g/mol. The molecule has 0 heterocycles. The lowest BCUT2D eigenvalue weighted by Crippen LogP contribution is -2.19. The first-order valence-electron chi connectivity index (χ1n) is 9.06. The maximum absolute atomic E-state index is 12.2. The fourth-order valence-corrected chi connectivity index (χ4v) is 2.75. The van der Waals surface area contributed by atoms with Crippen molar-refractivity contribution < 1.29 is 19.4 Å². The fourth-order valence-electron chi connectivity index (χ4n) is 2.75.